The number of sulfonamides is 1. The highest BCUT2D eigenvalue weighted by Crippen LogP contribution is 2.24. The number of rotatable bonds is 7. The van der Waals surface area contributed by atoms with E-state index >= 15 is 0 Å². The summed E-state index contributed by atoms with van der Waals surface area (Å²) in [7, 11) is -2.42. The van der Waals surface area contributed by atoms with Gasteiger partial charge in [-0.15, -0.1) is 0 Å². The Balaban J connectivity index is 2.42. The van der Waals surface area contributed by atoms with E-state index in [1.807, 2.05) is 0 Å². The summed E-state index contributed by atoms with van der Waals surface area (Å²) >= 11 is 0. The van der Waals surface area contributed by atoms with Crippen molar-refractivity contribution in [3.8, 4) is 5.75 Å². The molecule has 0 unspecified atom stereocenters. The van der Waals surface area contributed by atoms with Crippen LogP contribution in [0.1, 0.15) is 6.92 Å². The zero-order chi connectivity index (χ0) is 17.6. The van der Waals surface area contributed by atoms with Gasteiger partial charge >= 0.3 is 5.97 Å². The Morgan fingerprint density at radius 2 is 1.67 bits per heavy atom. The van der Waals surface area contributed by atoms with Gasteiger partial charge in [0, 0.05) is 0 Å². The van der Waals surface area contributed by atoms with Crippen molar-refractivity contribution in [1.29, 1.82) is 0 Å². The van der Waals surface area contributed by atoms with Crippen LogP contribution in [0.25, 0.3) is 0 Å². The summed E-state index contributed by atoms with van der Waals surface area (Å²) in [6.07, 6.45) is 0. The Morgan fingerprint density at radius 1 is 1.04 bits per heavy atom. The minimum Gasteiger partial charge on any atom is -0.497 e. The summed E-state index contributed by atoms with van der Waals surface area (Å²) in [6.45, 7) is 1.46. The van der Waals surface area contributed by atoms with Crippen LogP contribution in [-0.2, 0) is 19.6 Å². The summed E-state index contributed by atoms with van der Waals surface area (Å²) in [5, 5.41) is 0. The zero-order valence-electron chi connectivity index (χ0n) is 13.5. The van der Waals surface area contributed by atoms with E-state index in [-0.39, 0.29) is 11.5 Å². The van der Waals surface area contributed by atoms with Crippen LogP contribution in [0.2, 0.25) is 0 Å². The Kier molecular flexibility index (Phi) is 5.81. The molecule has 2 aromatic rings. The first-order chi connectivity index (χ1) is 11.5. The van der Waals surface area contributed by atoms with Crippen molar-refractivity contribution in [2.24, 2.45) is 0 Å². The molecule has 0 aliphatic heterocycles. The molecule has 2 aromatic carbocycles. The molecule has 0 atom stereocenters. The molecular formula is C17H19NO5S. The molecule has 0 bridgehead atoms. The average Bonchev–Trinajstić information content (AvgIpc) is 2.60. The van der Waals surface area contributed by atoms with E-state index in [0.29, 0.717) is 11.4 Å². The Hall–Kier alpha value is -2.54. The molecule has 0 aromatic heterocycles. The van der Waals surface area contributed by atoms with Gasteiger partial charge in [0.05, 0.1) is 24.3 Å². The lowest BCUT2D eigenvalue weighted by molar-refractivity contribution is -0.141. The highest BCUT2D eigenvalue weighted by molar-refractivity contribution is 7.92. The molecule has 0 heterocycles. The molecule has 24 heavy (non-hydrogen) atoms. The highest BCUT2D eigenvalue weighted by Gasteiger charge is 2.27. The van der Waals surface area contributed by atoms with E-state index in [0.717, 1.165) is 4.31 Å². The third-order valence-corrected chi connectivity index (χ3v) is 5.06. The van der Waals surface area contributed by atoms with E-state index in [9.17, 15) is 13.2 Å². The second kappa shape index (κ2) is 7.83. The van der Waals surface area contributed by atoms with Gasteiger partial charge in [0.2, 0.25) is 0 Å². The van der Waals surface area contributed by atoms with Crippen LogP contribution >= 0.6 is 0 Å². The van der Waals surface area contributed by atoms with Crippen LogP contribution < -0.4 is 9.04 Å². The lowest BCUT2D eigenvalue weighted by Gasteiger charge is -2.23. The van der Waals surface area contributed by atoms with Gasteiger partial charge in [-0.05, 0) is 43.3 Å². The lowest BCUT2D eigenvalue weighted by Crippen LogP contribution is -2.36. The Bertz CT molecular complexity index is 772. The third-order valence-electron chi connectivity index (χ3n) is 3.27. The number of carbonyl (C=O) groups is 1. The second-order valence-corrected chi connectivity index (χ2v) is 6.69. The SMILES string of the molecule is CCOC(=O)CN(c1ccccc1)S(=O)(=O)c1ccc(OC)cc1. The Labute approximate surface area is 141 Å². The Morgan fingerprint density at radius 3 is 2.21 bits per heavy atom. The first-order valence-corrected chi connectivity index (χ1v) is 8.80. The molecule has 7 heteroatoms. The number of benzene rings is 2. The topological polar surface area (TPSA) is 72.9 Å². The van der Waals surface area contributed by atoms with Gasteiger partial charge < -0.3 is 9.47 Å². The van der Waals surface area contributed by atoms with E-state index < -0.39 is 22.5 Å². The van der Waals surface area contributed by atoms with Crippen molar-refractivity contribution >= 4 is 21.7 Å². The van der Waals surface area contributed by atoms with Gasteiger partial charge in [0.1, 0.15) is 12.3 Å². The lowest BCUT2D eigenvalue weighted by atomic mass is 10.3. The van der Waals surface area contributed by atoms with Crippen LogP contribution in [0, 0.1) is 0 Å². The smallest absolute Gasteiger partial charge is 0.326 e. The van der Waals surface area contributed by atoms with Crippen LogP contribution in [0.3, 0.4) is 0 Å². The summed E-state index contributed by atoms with van der Waals surface area (Å²) in [4.78, 5) is 11.9. The first-order valence-electron chi connectivity index (χ1n) is 7.36. The monoisotopic (exact) mass is 349 g/mol. The normalized spacial score (nSPS) is 10.9. The molecule has 2 rings (SSSR count). The second-order valence-electron chi connectivity index (χ2n) is 4.83. The number of nitrogens with zero attached hydrogens (tertiary/aromatic N) is 1. The van der Waals surface area contributed by atoms with E-state index in [1.165, 1.54) is 19.2 Å². The van der Waals surface area contributed by atoms with Crippen LogP contribution in [0.4, 0.5) is 5.69 Å². The van der Waals surface area contributed by atoms with Gasteiger partial charge in [0.25, 0.3) is 10.0 Å². The predicted molar refractivity (Wildman–Crippen MR) is 90.6 cm³/mol. The number of para-hydroxylation sites is 1. The van der Waals surface area contributed by atoms with Gasteiger partial charge in [-0.2, -0.15) is 0 Å². The molecular weight excluding hydrogens is 330 g/mol. The maximum atomic E-state index is 12.9. The molecule has 0 aliphatic rings. The number of ether oxygens (including phenoxy) is 2. The van der Waals surface area contributed by atoms with Gasteiger partial charge in [0.15, 0.2) is 0 Å². The largest absolute Gasteiger partial charge is 0.497 e. The minimum atomic E-state index is -3.92. The number of anilines is 1. The highest BCUT2D eigenvalue weighted by atomic mass is 32.2. The van der Waals surface area contributed by atoms with Crippen molar-refractivity contribution in [1.82, 2.24) is 0 Å². The molecule has 0 spiro atoms. The predicted octanol–water partition coefficient (Wildman–Crippen LogP) is 2.45. The quantitative estimate of drug-likeness (QED) is 0.718. The molecule has 0 saturated carbocycles. The molecule has 0 aliphatic carbocycles. The number of carbonyl (C=O) groups excluding carboxylic acids is 1. The molecule has 0 fully saturated rings. The van der Waals surface area contributed by atoms with Crippen LogP contribution in [-0.4, -0.2) is 34.6 Å². The molecule has 0 amide bonds. The molecule has 6 nitrogen and oxygen atoms in total. The summed E-state index contributed by atoms with van der Waals surface area (Å²) in [5.74, 6) is -0.0657. The van der Waals surface area contributed by atoms with Gasteiger partial charge in [-0.3, -0.25) is 9.10 Å². The summed E-state index contributed by atoms with van der Waals surface area (Å²) in [6, 6.07) is 14.4. The van der Waals surface area contributed by atoms with Crippen molar-refractivity contribution in [3.05, 3.63) is 54.6 Å². The van der Waals surface area contributed by atoms with Crippen molar-refractivity contribution < 1.29 is 22.7 Å². The van der Waals surface area contributed by atoms with Crippen LogP contribution in [0.5, 0.6) is 5.75 Å². The molecule has 0 radical (unpaired) electrons. The van der Waals surface area contributed by atoms with Crippen LogP contribution in [0.15, 0.2) is 59.5 Å². The van der Waals surface area contributed by atoms with E-state index in [4.69, 9.17) is 9.47 Å². The average molecular weight is 349 g/mol. The number of hydrogen-bond donors (Lipinski definition) is 0. The maximum absolute atomic E-state index is 12.9. The minimum absolute atomic E-state index is 0.0662. The number of hydrogen-bond acceptors (Lipinski definition) is 5. The molecule has 128 valence electrons. The number of esters is 1. The van der Waals surface area contributed by atoms with Gasteiger partial charge in [-0.1, -0.05) is 18.2 Å². The van der Waals surface area contributed by atoms with E-state index in [2.05, 4.69) is 0 Å². The van der Waals surface area contributed by atoms with E-state index in [1.54, 1.807) is 49.4 Å². The van der Waals surface area contributed by atoms with Crippen molar-refractivity contribution in [3.63, 3.8) is 0 Å². The fourth-order valence-corrected chi connectivity index (χ4v) is 3.52. The van der Waals surface area contributed by atoms with Crippen molar-refractivity contribution in [2.75, 3.05) is 24.6 Å². The number of methoxy groups -OCH3 is 1. The fourth-order valence-electron chi connectivity index (χ4n) is 2.11. The molecule has 0 saturated heterocycles. The third kappa shape index (κ3) is 4.05. The first kappa shape index (κ1) is 17.8. The maximum Gasteiger partial charge on any atom is 0.326 e. The summed E-state index contributed by atoms with van der Waals surface area (Å²) in [5.41, 5.74) is 0.390. The fraction of sp³-hybridized carbons (Fsp3) is 0.235. The summed E-state index contributed by atoms with van der Waals surface area (Å²) < 4.78 is 36.9. The zero-order valence-corrected chi connectivity index (χ0v) is 14.3. The van der Waals surface area contributed by atoms with Crippen molar-refractivity contribution in [2.45, 2.75) is 11.8 Å². The molecule has 0 N–H and O–H groups in total. The standard InChI is InChI=1S/C17H19NO5S/c1-3-23-17(19)13-18(14-7-5-4-6-8-14)24(20,21)16-11-9-15(22-2)10-12-16/h4-12H,3,13H2,1-2H3. The van der Waals surface area contributed by atoms with Gasteiger partial charge in [-0.25, -0.2) is 8.42 Å².